The minimum atomic E-state index is -0.843. The van der Waals surface area contributed by atoms with Crippen molar-refractivity contribution in [3.63, 3.8) is 0 Å². The summed E-state index contributed by atoms with van der Waals surface area (Å²) in [6.45, 7) is 4.88. The van der Waals surface area contributed by atoms with Crippen LogP contribution in [0.1, 0.15) is 425 Å². The summed E-state index contributed by atoms with van der Waals surface area (Å²) in [6.07, 6.45) is 95.4. The van der Waals surface area contributed by atoms with E-state index in [1.165, 1.54) is 347 Å². The second-order valence-electron chi connectivity index (χ2n) is 26.3. The molecule has 0 aliphatic carbocycles. The molecular formula is C78H149NO5. The average Bonchev–Trinajstić information content (AvgIpc) is 3.51. The fourth-order valence-corrected chi connectivity index (χ4v) is 12.1. The van der Waals surface area contributed by atoms with Gasteiger partial charge in [0.15, 0.2) is 0 Å². The smallest absolute Gasteiger partial charge is 0.305 e. The first-order valence-electron chi connectivity index (χ1n) is 38.3. The molecule has 2 unspecified atom stereocenters. The number of rotatable bonds is 72. The number of carbonyl (C=O) groups excluding carboxylic acids is 2. The van der Waals surface area contributed by atoms with Gasteiger partial charge in [-0.2, -0.15) is 0 Å². The van der Waals surface area contributed by atoms with Crippen molar-refractivity contribution in [3.05, 3.63) is 36.5 Å². The summed E-state index contributed by atoms with van der Waals surface area (Å²) in [4.78, 5) is 24.6. The normalized spacial score (nSPS) is 12.7. The molecule has 0 aromatic rings. The molecule has 0 aliphatic heterocycles. The summed E-state index contributed by atoms with van der Waals surface area (Å²) in [5.74, 6) is -0.0530. The average molecular weight is 1180 g/mol. The molecule has 0 fully saturated rings. The maximum Gasteiger partial charge on any atom is 0.305 e. The number of esters is 1. The number of carbonyl (C=O) groups is 2. The minimum absolute atomic E-state index is 0.00602. The molecule has 0 heterocycles. The Kier molecular flexibility index (Phi) is 71.9. The van der Waals surface area contributed by atoms with Crippen molar-refractivity contribution in [1.29, 1.82) is 0 Å². The number of aliphatic hydroxyl groups is 2. The van der Waals surface area contributed by atoms with Crippen LogP contribution in [-0.4, -0.2) is 47.4 Å². The van der Waals surface area contributed by atoms with E-state index in [0.717, 1.165) is 51.4 Å². The van der Waals surface area contributed by atoms with E-state index in [9.17, 15) is 19.8 Å². The zero-order valence-corrected chi connectivity index (χ0v) is 56.9. The van der Waals surface area contributed by atoms with Crippen molar-refractivity contribution in [2.24, 2.45) is 0 Å². The van der Waals surface area contributed by atoms with Gasteiger partial charge in [0.05, 0.1) is 25.4 Å². The van der Waals surface area contributed by atoms with Crippen LogP contribution in [0, 0.1) is 0 Å². The summed E-state index contributed by atoms with van der Waals surface area (Å²) < 4.78 is 5.48. The molecule has 0 saturated carbocycles. The molecule has 0 bridgehead atoms. The maximum atomic E-state index is 12.5. The van der Waals surface area contributed by atoms with Crippen LogP contribution in [0.25, 0.3) is 0 Å². The van der Waals surface area contributed by atoms with Gasteiger partial charge in [0.1, 0.15) is 0 Å². The molecule has 6 nitrogen and oxygen atoms in total. The van der Waals surface area contributed by atoms with Crippen molar-refractivity contribution in [2.75, 3.05) is 13.2 Å². The number of nitrogens with one attached hydrogen (secondary N) is 1. The third-order valence-corrected chi connectivity index (χ3v) is 17.9. The highest BCUT2D eigenvalue weighted by molar-refractivity contribution is 5.76. The number of hydrogen-bond acceptors (Lipinski definition) is 5. The highest BCUT2D eigenvalue weighted by atomic mass is 16.5. The van der Waals surface area contributed by atoms with E-state index in [0.29, 0.717) is 19.4 Å². The molecule has 496 valence electrons. The number of allylic oxidation sites excluding steroid dienone is 5. The second kappa shape index (κ2) is 73.5. The first-order chi connectivity index (χ1) is 41.5. The van der Waals surface area contributed by atoms with Gasteiger partial charge < -0.3 is 20.3 Å². The number of ether oxygens (including phenoxy) is 1. The number of hydrogen-bond donors (Lipinski definition) is 3. The van der Waals surface area contributed by atoms with Crippen LogP contribution in [0.2, 0.25) is 0 Å². The fraction of sp³-hybridized carbons (Fsp3) is 0.897. The Hall–Kier alpha value is -1.92. The highest BCUT2D eigenvalue weighted by Crippen LogP contribution is 2.20. The summed E-state index contributed by atoms with van der Waals surface area (Å²) in [7, 11) is 0. The molecule has 1 amide bonds. The number of unbranched alkanes of at least 4 members (excludes halogenated alkanes) is 57. The first kappa shape index (κ1) is 82.1. The maximum absolute atomic E-state index is 12.5. The van der Waals surface area contributed by atoms with E-state index < -0.39 is 12.1 Å². The van der Waals surface area contributed by atoms with Crippen molar-refractivity contribution in [3.8, 4) is 0 Å². The standard InChI is InChI=1S/C78H149NO5/c1-3-5-7-9-11-13-15-17-18-19-20-21-34-37-40-43-47-50-54-58-62-66-70-76(81)75(74-80)79-77(82)71-67-63-59-55-51-48-44-41-38-35-32-30-28-26-24-22-23-25-27-29-31-33-36-39-42-45-49-53-57-61-65-69-73-84-78(83)72-68-64-60-56-52-46-16-14-12-10-8-6-4-2/h8,10,14,16,66,70,75-76,80-81H,3-7,9,11-13,15,17-65,67-69,71-74H2,1-2H3,(H,79,82)/b10-8-,16-14-,70-66+. The van der Waals surface area contributed by atoms with Gasteiger partial charge in [-0.1, -0.05) is 391 Å². The molecule has 2 atom stereocenters. The topological polar surface area (TPSA) is 95.9 Å². The molecular weight excluding hydrogens is 1030 g/mol. The molecule has 0 radical (unpaired) electrons. The van der Waals surface area contributed by atoms with E-state index in [1.54, 1.807) is 6.08 Å². The summed E-state index contributed by atoms with van der Waals surface area (Å²) in [5.41, 5.74) is 0. The Morgan fingerprint density at radius 2 is 0.619 bits per heavy atom. The molecule has 84 heavy (non-hydrogen) atoms. The molecule has 0 aromatic heterocycles. The number of amides is 1. The third kappa shape index (κ3) is 69.2. The van der Waals surface area contributed by atoms with Gasteiger partial charge in [-0.05, 0) is 57.8 Å². The van der Waals surface area contributed by atoms with Crippen molar-refractivity contribution in [1.82, 2.24) is 5.32 Å². The van der Waals surface area contributed by atoms with Crippen LogP contribution in [0.3, 0.4) is 0 Å². The molecule has 0 rings (SSSR count). The summed E-state index contributed by atoms with van der Waals surface area (Å²) >= 11 is 0. The van der Waals surface area contributed by atoms with Crippen LogP contribution in [0.5, 0.6) is 0 Å². The first-order valence-corrected chi connectivity index (χ1v) is 38.3. The Morgan fingerprint density at radius 3 is 0.952 bits per heavy atom. The largest absolute Gasteiger partial charge is 0.466 e. The number of aliphatic hydroxyl groups excluding tert-OH is 2. The van der Waals surface area contributed by atoms with E-state index >= 15 is 0 Å². The molecule has 3 N–H and O–H groups in total. The molecule has 0 spiro atoms. The van der Waals surface area contributed by atoms with Crippen molar-refractivity contribution < 1.29 is 24.5 Å². The van der Waals surface area contributed by atoms with E-state index in [2.05, 4.69) is 43.5 Å². The van der Waals surface area contributed by atoms with E-state index in [1.807, 2.05) is 6.08 Å². The van der Waals surface area contributed by atoms with Gasteiger partial charge in [-0.25, -0.2) is 0 Å². The fourth-order valence-electron chi connectivity index (χ4n) is 12.1. The predicted octanol–water partition coefficient (Wildman–Crippen LogP) is 25.0. The lowest BCUT2D eigenvalue weighted by atomic mass is 10.0. The Bertz CT molecular complexity index is 1360. The third-order valence-electron chi connectivity index (χ3n) is 17.9. The molecule has 0 saturated heterocycles. The summed E-state index contributed by atoms with van der Waals surface area (Å²) in [5, 5.41) is 23.3. The van der Waals surface area contributed by atoms with Crippen LogP contribution < -0.4 is 5.32 Å². The van der Waals surface area contributed by atoms with Gasteiger partial charge in [-0.15, -0.1) is 0 Å². The molecule has 6 heteroatoms. The van der Waals surface area contributed by atoms with Gasteiger partial charge in [0.2, 0.25) is 5.91 Å². The Labute approximate surface area is 525 Å². The molecule has 0 aliphatic rings. The van der Waals surface area contributed by atoms with Crippen LogP contribution in [-0.2, 0) is 14.3 Å². The predicted molar refractivity (Wildman–Crippen MR) is 370 cm³/mol. The monoisotopic (exact) mass is 1180 g/mol. The van der Waals surface area contributed by atoms with Crippen molar-refractivity contribution >= 4 is 11.9 Å². The Morgan fingerprint density at radius 1 is 0.333 bits per heavy atom. The van der Waals surface area contributed by atoms with Gasteiger partial charge in [-0.3, -0.25) is 9.59 Å². The minimum Gasteiger partial charge on any atom is -0.466 e. The lowest BCUT2D eigenvalue weighted by Crippen LogP contribution is -2.45. The van der Waals surface area contributed by atoms with E-state index in [-0.39, 0.29) is 18.5 Å². The highest BCUT2D eigenvalue weighted by Gasteiger charge is 2.18. The quantitative estimate of drug-likeness (QED) is 0.0320. The van der Waals surface area contributed by atoms with Gasteiger partial charge in [0.25, 0.3) is 0 Å². The van der Waals surface area contributed by atoms with Crippen LogP contribution in [0.4, 0.5) is 0 Å². The van der Waals surface area contributed by atoms with Gasteiger partial charge >= 0.3 is 5.97 Å². The molecule has 0 aromatic carbocycles. The zero-order chi connectivity index (χ0) is 60.6. The summed E-state index contributed by atoms with van der Waals surface area (Å²) in [6, 6.07) is -0.626. The van der Waals surface area contributed by atoms with Gasteiger partial charge in [0, 0.05) is 12.8 Å². The Balaban J connectivity index is 3.36. The van der Waals surface area contributed by atoms with Crippen LogP contribution >= 0.6 is 0 Å². The lowest BCUT2D eigenvalue weighted by Gasteiger charge is -2.20. The lowest BCUT2D eigenvalue weighted by molar-refractivity contribution is -0.143. The SMILES string of the molecule is CCC/C=C\C/C=C\CCCCCCCC(=O)OCCCCCCCCCCCCCCCCCCCCCCCCCCCCCCCCCCC(=O)NC(CO)C(O)/C=C/CCCCCCCCCCCCCCCCCCCCCC. The van der Waals surface area contributed by atoms with E-state index in [4.69, 9.17) is 4.74 Å². The van der Waals surface area contributed by atoms with Crippen molar-refractivity contribution in [2.45, 2.75) is 437 Å². The zero-order valence-electron chi connectivity index (χ0n) is 56.9. The van der Waals surface area contributed by atoms with Crippen LogP contribution in [0.15, 0.2) is 36.5 Å². The second-order valence-corrected chi connectivity index (χ2v) is 26.3.